The van der Waals surface area contributed by atoms with Crippen LogP contribution < -0.4 is 0 Å². The van der Waals surface area contributed by atoms with E-state index in [1.807, 2.05) is 30.3 Å². The van der Waals surface area contributed by atoms with Crippen molar-refractivity contribution in [2.45, 2.75) is 6.92 Å². The molecule has 128 valence electrons. The molecule has 0 saturated heterocycles. The topological polar surface area (TPSA) is 90.9 Å². The molecule has 3 aromatic heterocycles. The summed E-state index contributed by atoms with van der Waals surface area (Å²) < 4.78 is 6.65. The van der Waals surface area contributed by atoms with Crippen LogP contribution in [0.1, 0.15) is 37.3 Å². The largest absolute Gasteiger partial charge is 0.352 e. The Morgan fingerprint density at radius 2 is 1.88 bits per heavy atom. The maximum Gasteiger partial charge on any atom is 0.253 e. The van der Waals surface area contributed by atoms with E-state index in [4.69, 9.17) is 4.52 Å². The third-order valence-electron chi connectivity index (χ3n) is 3.82. The van der Waals surface area contributed by atoms with E-state index >= 15 is 0 Å². The van der Waals surface area contributed by atoms with E-state index in [2.05, 4.69) is 15.5 Å². The zero-order valence-corrected chi connectivity index (χ0v) is 14.4. The summed E-state index contributed by atoms with van der Waals surface area (Å²) in [6.07, 6.45) is 0. The van der Waals surface area contributed by atoms with Gasteiger partial charge < -0.3 is 4.52 Å². The third kappa shape index (κ3) is 2.76. The molecule has 0 spiro atoms. The van der Waals surface area contributed by atoms with Crippen molar-refractivity contribution in [1.29, 1.82) is 0 Å². The fourth-order valence-corrected chi connectivity index (χ4v) is 3.17. The first-order chi connectivity index (χ1) is 12.6. The smallest absolute Gasteiger partial charge is 0.253 e. The monoisotopic (exact) mass is 364 g/mol. The van der Waals surface area contributed by atoms with Crippen molar-refractivity contribution in [3.63, 3.8) is 0 Å². The minimum atomic E-state index is -0.470. The van der Waals surface area contributed by atoms with Crippen LogP contribution in [0.15, 0.2) is 58.4 Å². The Hall–Kier alpha value is -3.39. The quantitative estimate of drug-likeness (QED) is 0.506. The molecule has 0 unspecified atom stereocenters. The minimum Gasteiger partial charge on any atom is -0.352 e. The Bertz CT molecular complexity index is 1080. The number of aromatic nitrogens is 4. The van der Waals surface area contributed by atoms with Gasteiger partial charge in [-0.05, 0) is 30.5 Å². The zero-order valence-electron chi connectivity index (χ0n) is 13.6. The van der Waals surface area contributed by atoms with Gasteiger partial charge in [0.25, 0.3) is 5.78 Å². The molecule has 0 aliphatic heterocycles. The first-order valence-corrected chi connectivity index (χ1v) is 8.60. The minimum absolute atomic E-state index is 0.0480. The van der Waals surface area contributed by atoms with Gasteiger partial charge in [0, 0.05) is 6.07 Å². The van der Waals surface area contributed by atoms with E-state index in [9.17, 15) is 9.59 Å². The van der Waals surface area contributed by atoms with E-state index in [0.717, 1.165) is 5.69 Å². The molecule has 0 aliphatic rings. The number of para-hydroxylation sites is 1. The van der Waals surface area contributed by atoms with Crippen molar-refractivity contribution < 1.29 is 14.1 Å². The van der Waals surface area contributed by atoms with Crippen molar-refractivity contribution in [1.82, 2.24) is 20.2 Å². The molecular formula is C18H12N4O3S. The van der Waals surface area contributed by atoms with Crippen LogP contribution in [0.4, 0.5) is 0 Å². The molecular weight excluding hydrogens is 352 g/mol. The first kappa shape index (κ1) is 16.1. The van der Waals surface area contributed by atoms with Crippen molar-refractivity contribution in [3.8, 4) is 5.69 Å². The van der Waals surface area contributed by atoms with Crippen molar-refractivity contribution in [2.75, 3.05) is 0 Å². The molecule has 3 heterocycles. The second kappa shape index (κ2) is 6.49. The molecule has 0 radical (unpaired) electrons. The van der Waals surface area contributed by atoms with Crippen LogP contribution in [0.2, 0.25) is 0 Å². The molecule has 0 amide bonds. The van der Waals surface area contributed by atoms with E-state index in [1.165, 1.54) is 17.4 Å². The fraction of sp³-hybridized carbons (Fsp3) is 0.0556. The lowest BCUT2D eigenvalue weighted by Gasteiger charge is -2.02. The second-order valence-electron chi connectivity index (χ2n) is 5.48. The maximum absolute atomic E-state index is 12.7. The highest BCUT2D eigenvalue weighted by Gasteiger charge is 2.25. The summed E-state index contributed by atoms with van der Waals surface area (Å²) >= 11 is 1.30. The molecule has 4 rings (SSSR count). The predicted molar refractivity (Wildman–Crippen MR) is 93.8 cm³/mol. The van der Waals surface area contributed by atoms with Crippen LogP contribution in [-0.4, -0.2) is 31.7 Å². The number of carbonyl (C=O) groups excluding carboxylic acids is 2. The Kier molecular flexibility index (Phi) is 4.02. The highest BCUT2D eigenvalue weighted by Crippen LogP contribution is 2.19. The van der Waals surface area contributed by atoms with E-state index in [0.29, 0.717) is 10.6 Å². The average molecular weight is 364 g/mol. The number of benzene rings is 1. The maximum atomic E-state index is 12.7. The standard InChI is InChI=1S/C18H12N4O3S/c1-11-16(19-21-22(11)12-6-3-2-4-7-12)18(24)14-10-13(20-25-14)17(23)15-8-5-9-26-15/h2-10H,1H3. The van der Waals surface area contributed by atoms with E-state index < -0.39 is 5.78 Å². The van der Waals surface area contributed by atoms with Gasteiger partial charge in [-0.25, -0.2) is 4.68 Å². The van der Waals surface area contributed by atoms with Gasteiger partial charge in [-0.3, -0.25) is 9.59 Å². The highest BCUT2D eigenvalue weighted by molar-refractivity contribution is 7.12. The van der Waals surface area contributed by atoms with Crippen molar-refractivity contribution >= 4 is 22.9 Å². The molecule has 0 saturated carbocycles. The van der Waals surface area contributed by atoms with Gasteiger partial charge in [0.15, 0.2) is 11.4 Å². The SMILES string of the molecule is Cc1c(C(=O)c2cc(C(=O)c3cccs3)no2)nnn1-c1ccccc1. The molecule has 7 nitrogen and oxygen atoms in total. The van der Waals surface area contributed by atoms with Crippen molar-refractivity contribution in [2.24, 2.45) is 0 Å². The molecule has 0 fully saturated rings. The van der Waals surface area contributed by atoms with Crippen LogP contribution >= 0.6 is 11.3 Å². The van der Waals surface area contributed by atoms with Gasteiger partial charge in [0.1, 0.15) is 0 Å². The molecule has 26 heavy (non-hydrogen) atoms. The molecule has 8 heteroatoms. The Balaban J connectivity index is 1.63. The number of hydrogen-bond donors (Lipinski definition) is 0. The Morgan fingerprint density at radius 1 is 1.08 bits per heavy atom. The van der Waals surface area contributed by atoms with Gasteiger partial charge in [-0.2, -0.15) is 0 Å². The van der Waals surface area contributed by atoms with Gasteiger partial charge >= 0.3 is 0 Å². The Morgan fingerprint density at radius 3 is 2.62 bits per heavy atom. The number of hydrogen-bond acceptors (Lipinski definition) is 7. The van der Waals surface area contributed by atoms with Gasteiger partial charge in [-0.15, -0.1) is 16.4 Å². The summed E-state index contributed by atoms with van der Waals surface area (Å²) in [4.78, 5) is 25.5. The third-order valence-corrected chi connectivity index (χ3v) is 4.69. The van der Waals surface area contributed by atoms with Crippen LogP contribution in [0.5, 0.6) is 0 Å². The van der Waals surface area contributed by atoms with E-state index in [-0.39, 0.29) is 22.9 Å². The summed E-state index contributed by atoms with van der Waals surface area (Å²) in [5, 5.41) is 13.5. The van der Waals surface area contributed by atoms with Gasteiger partial charge in [0.2, 0.25) is 11.5 Å². The molecule has 0 atom stereocenters. The highest BCUT2D eigenvalue weighted by atomic mass is 32.1. The summed E-state index contributed by atoms with van der Waals surface area (Å²) in [6.45, 7) is 1.74. The number of nitrogens with zero attached hydrogens (tertiary/aromatic N) is 4. The van der Waals surface area contributed by atoms with Crippen LogP contribution in [0.3, 0.4) is 0 Å². The lowest BCUT2D eigenvalue weighted by Crippen LogP contribution is -2.04. The normalized spacial score (nSPS) is 10.8. The average Bonchev–Trinajstić information content (AvgIpc) is 3.42. The molecule has 0 N–H and O–H groups in total. The van der Waals surface area contributed by atoms with Gasteiger partial charge in [-0.1, -0.05) is 34.6 Å². The molecule has 4 aromatic rings. The lowest BCUT2D eigenvalue weighted by atomic mass is 10.1. The molecule has 0 bridgehead atoms. The van der Waals surface area contributed by atoms with Crippen molar-refractivity contribution in [3.05, 3.63) is 81.6 Å². The number of carbonyl (C=O) groups is 2. The molecule has 0 aliphatic carbocycles. The summed E-state index contributed by atoms with van der Waals surface area (Å²) in [7, 11) is 0. The van der Waals surface area contributed by atoms with Crippen LogP contribution in [-0.2, 0) is 0 Å². The summed E-state index contributed by atoms with van der Waals surface area (Å²) in [5.41, 5.74) is 1.61. The Labute approximate surface area is 151 Å². The first-order valence-electron chi connectivity index (χ1n) is 7.72. The predicted octanol–water partition coefficient (Wildman–Crippen LogP) is 3.09. The number of ketones is 2. The fourth-order valence-electron chi connectivity index (χ4n) is 2.49. The summed E-state index contributed by atoms with van der Waals surface area (Å²) in [6, 6.07) is 14.2. The molecule has 1 aromatic carbocycles. The summed E-state index contributed by atoms with van der Waals surface area (Å²) in [5.74, 6) is -0.803. The van der Waals surface area contributed by atoms with Crippen LogP contribution in [0, 0.1) is 6.92 Å². The lowest BCUT2D eigenvalue weighted by molar-refractivity contribution is 0.0989. The number of rotatable bonds is 5. The second-order valence-corrected chi connectivity index (χ2v) is 6.43. The van der Waals surface area contributed by atoms with Gasteiger partial charge in [0.05, 0.1) is 16.3 Å². The number of thiophene rings is 1. The van der Waals surface area contributed by atoms with E-state index in [1.54, 1.807) is 29.1 Å². The zero-order chi connectivity index (χ0) is 18.1. The van der Waals surface area contributed by atoms with Crippen LogP contribution in [0.25, 0.3) is 5.69 Å².